The number of likely N-dealkylation sites (N-methyl/N-ethyl adjacent to an activating group) is 1. The van der Waals surface area contributed by atoms with Gasteiger partial charge >= 0.3 is 0 Å². The van der Waals surface area contributed by atoms with Crippen molar-refractivity contribution >= 4 is 11.3 Å². The van der Waals surface area contributed by atoms with Gasteiger partial charge in [-0.3, -0.25) is 4.98 Å². The minimum absolute atomic E-state index is 0.302. The molecule has 0 spiro atoms. The van der Waals surface area contributed by atoms with Crippen molar-refractivity contribution in [1.29, 1.82) is 0 Å². The van der Waals surface area contributed by atoms with Gasteiger partial charge < -0.3 is 5.32 Å². The molecule has 0 saturated heterocycles. The molecule has 1 atom stereocenters. The van der Waals surface area contributed by atoms with Crippen molar-refractivity contribution in [3.05, 3.63) is 45.7 Å². The standard InChI is InChI=1S/C13H17N3S/c1-9-13(17-10(2)16-9)12(14-3)8-11-6-4-5-7-15-11/h4-7,12,14H,8H2,1-3H3. The second-order valence-electron chi connectivity index (χ2n) is 4.05. The Bertz CT molecular complexity index is 479. The highest BCUT2D eigenvalue weighted by Crippen LogP contribution is 2.26. The van der Waals surface area contributed by atoms with Crippen molar-refractivity contribution in [2.24, 2.45) is 0 Å². The normalized spacial score (nSPS) is 12.6. The summed E-state index contributed by atoms with van der Waals surface area (Å²) in [5, 5.41) is 4.48. The van der Waals surface area contributed by atoms with Gasteiger partial charge in [-0.25, -0.2) is 4.98 Å². The second-order valence-corrected chi connectivity index (χ2v) is 5.28. The van der Waals surface area contributed by atoms with Crippen molar-refractivity contribution in [2.75, 3.05) is 7.05 Å². The first-order valence-electron chi connectivity index (χ1n) is 5.72. The Hall–Kier alpha value is -1.26. The Labute approximate surface area is 106 Å². The van der Waals surface area contributed by atoms with Crippen molar-refractivity contribution in [3.63, 3.8) is 0 Å². The van der Waals surface area contributed by atoms with E-state index in [-0.39, 0.29) is 0 Å². The van der Waals surface area contributed by atoms with E-state index in [1.807, 2.05) is 25.4 Å². The van der Waals surface area contributed by atoms with E-state index in [1.165, 1.54) is 4.88 Å². The molecule has 0 radical (unpaired) electrons. The van der Waals surface area contributed by atoms with Crippen LogP contribution >= 0.6 is 11.3 Å². The molecule has 2 aromatic heterocycles. The highest BCUT2D eigenvalue weighted by molar-refractivity contribution is 7.11. The first-order chi connectivity index (χ1) is 8.20. The summed E-state index contributed by atoms with van der Waals surface area (Å²) in [5.41, 5.74) is 2.24. The van der Waals surface area contributed by atoms with E-state index in [4.69, 9.17) is 0 Å². The third-order valence-electron chi connectivity index (χ3n) is 2.74. The summed E-state index contributed by atoms with van der Waals surface area (Å²) >= 11 is 1.76. The molecule has 0 aliphatic carbocycles. The molecule has 0 bridgehead atoms. The quantitative estimate of drug-likeness (QED) is 0.902. The van der Waals surface area contributed by atoms with Crippen LogP contribution in [0.15, 0.2) is 24.4 Å². The fourth-order valence-electron chi connectivity index (χ4n) is 1.92. The van der Waals surface area contributed by atoms with Gasteiger partial charge in [0.15, 0.2) is 0 Å². The van der Waals surface area contributed by atoms with E-state index >= 15 is 0 Å². The van der Waals surface area contributed by atoms with Crippen LogP contribution in [0.3, 0.4) is 0 Å². The van der Waals surface area contributed by atoms with E-state index < -0.39 is 0 Å². The molecule has 0 saturated carbocycles. The van der Waals surface area contributed by atoms with Crippen LogP contribution in [-0.4, -0.2) is 17.0 Å². The van der Waals surface area contributed by atoms with Gasteiger partial charge in [0.25, 0.3) is 0 Å². The summed E-state index contributed by atoms with van der Waals surface area (Å²) in [7, 11) is 1.99. The summed E-state index contributed by atoms with van der Waals surface area (Å²) < 4.78 is 0. The Kier molecular flexibility index (Phi) is 3.86. The first-order valence-corrected chi connectivity index (χ1v) is 6.53. The highest BCUT2D eigenvalue weighted by atomic mass is 32.1. The molecule has 0 fully saturated rings. The van der Waals surface area contributed by atoms with E-state index in [0.717, 1.165) is 22.8 Å². The van der Waals surface area contributed by atoms with Crippen molar-refractivity contribution < 1.29 is 0 Å². The average Bonchev–Trinajstić information content (AvgIpc) is 2.67. The van der Waals surface area contributed by atoms with Crippen LogP contribution in [0.4, 0.5) is 0 Å². The number of aromatic nitrogens is 2. The summed E-state index contributed by atoms with van der Waals surface area (Å²) in [6.45, 7) is 4.12. The van der Waals surface area contributed by atoms with Crippen molar-refractivity contribution in [2.45, 2.75) is 26.3 Å². The van der Waals surface area contributed by atoms with Gasteiger partial charge in [-0.1, -0.05) is 6.07 Å². The maximum atomic E-state index is 4.48. The van der Waals surface area contributed by atoms with Crippen LogP contribution < -0.4 is 5.32 Å². The lowest BCUT2D eigenvalue weighted by atomic mass is 10.1. The van der Waals surface area contributed by atoms with Crippen LogP contribution in [0.1, 0.15) is 27.3 Å². The first kappa shape index (κ1) is 12.2. The summed E-state index contributed by atoms with van der Waals surface area (Å²) in [6, 6.07) is 6.34. The Morgan fingerprint density at radius 1 is 1.35 bits per heavy atom. The molecular weight excluding hydrogens is 230 g/mol. The highest BCUT2D eigenvalue weighted by Gasteiger charge is 2.16. The lowest BCUT2D eigenvalue weighted by molar-refractivity contribution is 0.590. The number of thiazole rings is 1. The van der Waals surface area contributed by atoms with Gasteiger partial charge in [0.1, 0.15) is 0 Å². The molecule has 0 aliphatic heterocycles. The van der Waals surface area contributed by atoms with Gasteiger partial charge in [-0.05, 0) is 33.0 Å². The molecule has 2 aromatic rings. The number of pyridine rings is 1. The third kappa shape index (κ3) is 2.90. The Morgan fingerprint density at radius 2 is 2.18 bits per heavy atom. The molecule has 2 rings (SSSR count). The zero-order valence-corrected chi connectivity index (χ0v) is 11.2. The monoisotopic (exact) mass is 247 g/mol. The molecule has 4 heteroatoms. The number of nitrogens with zero attached hydrogens (tertiary/aromatic N) is 2. The summed E-state index contributed by atoms with van der Waals surface area (Å²) in [6.07, 6.45) is 2.74. The predicted molar refractivity (Wildman–Crippen MR) is 71.3 cm³/mol. The van der Waals surface area contributed by atoms with Crippen molar-refractivity contribution in [1.82, 2.24) is 15.3 Å². The van der Waals surface area contributed by atoms with Crippen LogP contribution in [0.25, 0.3) is 0 Å². The van der Waals surface area contributed by atoms with E-state index in [9.17, 15) is 0 Å². The van der Waals surface area contributed by atoms with Gasteiger partial charge in [-0.2, -0.15) is 0 Å². The molecule has 0 aromatic carbocycles. The van der Waals surface area contributed by atoms with Crippen LogP contribution in [-0.2, 0) is 6.42 Å². The molecule has 0 aliphatic rings. The van der Waals surface area contributed by atoms with Crippen LogP contribution in [0.2, 0.25) is 0 Å². The fourth-order valence-corrected chi connectivity index (χ4v) is 2.96. The summed E-state index contributed by atoms with van der Waals surface area (Å²) in [5.74, 6) is 0. The molecular formula is C13H17N3S. The predicted octanol–water partition coefficient (Wildman–Crippen LogP) is 2.66. The number of rotatable bonds is 4. The molecule has 1 N–H and O–H groups in total. The number of aryl methyl sites for hydroxylation is 2. The smallest absolute Gasteiger partial charge is 0.0900 e. The lowest BCUT2D eigenvalue weighted by Crippen LogP contribution is -2.19. The Balaban J connectivity index is 2.20. The van der Waals surface area contributed by atoms with Crippen LogP contribution in [0, 0.1) is 13.8 Å². The molecule has 2 heterocycles. The van der Waals surface area contributed by atoms with E-state index in [2.05, 4.69) is 35.2 Å². The molecule has 17 heavy (non-hydrogen) atoms. The maximum absolute atomic E-state index is 4.48. The number of nitrogens with one attached hydrogen (secondary N) is 1. The maximum Gasteiger partial charge on any atom is 0.0900 e. The van der Waals surface area contributed by atoms with E-state index in [1.54, 1.807) is 11.3 Å². The number of hydrogen-bond acceptors (Lipinski definition) is 4. The average molecular weight is 247 g/mol. The van der Waals surface area contributed by atoms with Gasteiger partial charge in [0.05, 0.1) is 10.7 Å². The summed E-state index contributed by atoms with van der Waals surface area (Å²) in [4.78, 5) is 10.2. The molecule has 90 valence electrons. The zero-order chi connectivity index (χ0) is 12.3. The van der Waals surface area contributed by atoms with Gasteiger partial charge in [0, 0.05) is 29.2 Å². The minimum Gasteiger partial charge on any atom is -0.312 e. The molecule has 3 nitrogen and oxygen atoms in total. The van der Waals surface area contributed by atoms with Gasteiger partial charge in [-0.15, -0.1) is 11.3 Å². The SMILES string of the molecule is CNC(Cc1ccccn1)c1sc(C)nc1C. The zero-order valence-electron chi connectivity index (χ0n) is 10.4. The largest absolute Gasteiger partial charge is 0.312 e. The molecule has 0 amide bonds. The number of hydrogen-bond donors (Lipinski definition) is 1. The topological polar surface area (TPSA) is 37.8 Å². The van der Waals surface area contributed by atoms with E-state index in [0.29, 0.717) is 6.04 Å². The molecule has 1 unspecified atom stereocenters. The lowest BCUT2D eigenvalue weighted by Gasteiger charge is -2.14. The fraction of sp³-hybridized carbons (Fsp3) is 0.385. The minimum atomic E-state index is 0.302. The second kappa shape index (κ2) is 5.38. The Morgan fingerprint density at radius 3 is 2.71 bits per heavy atom. The third-order valence-corrected chi connectivity index (χ3v) is 3.93. The van der Waals surface area contributed by atoms with Gasteiger partial charge in [0.2, 0.25) is 0 Å². The van der Waals surface area contributed by atoms with Crippen LogP contribution in [0.5, 0.6) is 0 Å². The van der Waals surface area contributed by atoms with Crippen molar-refractivity contribution in [3.8, 4) is 0 Å².